The van der Waals surface area contributed by atoms with E-state index in [4.69, 9.17) is 9.47 Å². The molecule has 0 amide bonds. The van der Waals surface area contributed by atoms with Crippen molar-refractivity contribution in [3.05, 3.63) is 39.8 Å². The SMILES string of the molecule is Cc1ncsc1CNC(C)c1cccc2c1OCO2. The Labute approximate surface area is 116 Å². The lowest BCUT2D eigenvalue weighted by Gasteiger charge is -2.15. The third-order valence-electron chi connectivity index (χ3n) is 3.31. The molecule has 1 unspecified atom stereocenters. The smallest absolute Gasteiger partial charge is 0.231 e. The van der Waals surface area contributed by atoms with Crippen molar-refractivity contribution in [3.63, 3.8) is 0 Å². The van der Waals surface area contributed by atoms with Crippen molar-refractivity contribution in [1.29, 1.82) is 0 Å². The van der Waals surface area contributed by atoms with E-state index in [2.05, 4.69) is 23.3 Å². The fraction of sp³-hybridized carbons (Fsp3) is 0.357. The van der Waals surface area contributed by atoms with E-state index in [1.54, 1.807) is 11.3 Å². The van der Waals surface area contributed by atoms with Crippen LogP contribution in [0.3, 0.4) is 0 Å². The van der Waals surface area contributed by atoms with Crippen LogP contribution in [-0.2, 0) is 6.54 Å². The Hall–Kier alpha value is -1.59. The van der Waals surface area contributed by atoms with Crippen molar-refractivity contribution < 1.29 is 9.47 Å². The van der Waals surface area contributed by atoms with Gasteiger partial charge in [0.1, 0.15) is 0 Å². The maximum absolute atomic E-state index is 5.54. The summed E-state index contributed by atoms with van der Waals surface area (Å²) in [6.07, 6.45) is 0. The molecular weight excluding hydrogens is 260 g/mol. The maximum atomic E-state index is 5.54. The number of nitrogens with zero attached hydrogens (tertiary/aromatic N) is 1. The van der Waals surface area contributed by atoms with Crippen molar-refractivity contribution >= 4 is 11.3 Å². The highest BCUT2D eigenvalue weighted by molar-refractivity contribution is 7.09. The first-order valence-corrected chi connectivity index (χ1v) is 7.14. The fourth-order valence-electron chi connectivity index (χ4n) is 2.15. The van der Waals surface area contributed by atoms with Crippen LogP contribution in [0.1, 0.15) is 29.1 Å². The van der Waals surface area contributed by atoms with Crippen LogP contribution in [0.4, 0.5) is 0 Å². The number of rotatable bonds is 4. The summed E-state index contributed by atoms with van der Waals surface area (Å²) in [7, 11) is 0. The number of aryl methyl sites for hydroxylation is 1. The number of nitrogens with one attached hydrogen (secondary N) is 1. The van der Waals surface area contributed by atoms with E-state index in [0.717, 1.165) is 29.3 Å². The quantitative estimate of drug-likeness (QED) is 0.932. The van der Waals surface area contributed by atoms with Gasteiger partial charge in [-0.05, 0) is 19.9 Å². The number of fused-ring (bicyclic) bond motifs is 1. The summed E-state index contributed by atoms with van der Waals surface area (Å²) < 4.78 is 10.9. The predicted molar refractivity (Wildman–Crippen MR) is 74.7 cm³/mol. The zero-order valence-electron chi connectivity index (χ0n) is 11.0. The molecule has 1 atom stereocenters. The molecule has 4 nitrogen and oxygen atoms in total. The van der Waals surface area contributed by atoms with Gasteiger partial charge in [0.25, 0.3) is 0 Å². The Balaban J connectivity index is 1.73. The normalized spacial score (nSPS) is 14.6. The molecule has 1 aromatic carbocycles. The summed E-state index contributed by atoms with van der Waals surface area (Å²) in [6, 6.07) is 6.22. The largest absolute Gasteiger partial charge is 0.454 e. The van der Waals surface area contributed by atoms with Gasteiger partial charge in [0, 0.05) is 23.0 Å². The third kappa shape index (κ3) is 2.43. The molecule has 1 aliphatic rings. The summed E-state index contributed by atoms with van der Waals surface area (Å²) in [5.41, 5.74) is 4.12. The van der Waals surface area contributed by atoms with Crippen molar-refractivity contribution in [2.75, 3.05) is 6.79 Å². The minimum Gasteiger partial charge on any atom is -0.454 e. The Morgan fingerprint density at radius 2 is 2.32 bits per heavy atom. The minimum absolute atomic E-state index is 0.207. The standard InChI is InChI=1S/C14H16N2O2S/c1-9(15-6-13-10(2)16-7-19-13)11-4-3-5-12-14(11)18-8-17-12/h3-5,7,9,15H,6,8H2,1-2H3. The van der Waals surface area contributed by atoms with Crippen LogP contribution in [0.25, 0.3) is 0 Å². The van der Waals surface area contributed by atoms with Gasteiger partial charge in [-0.25, -0.2) is 4.98 Å². The van der Waals surface area contributed by atoms with Gasteiger partial charge in [0.05, 0.1) is 11.2 Å². The van der Waals surface area contributed by atoms with Crippen molar-refractivity contribution in [2.24, 2.45) is 0 Å². The van der Waals surface area contributed by atoms with E-state index in [1.807, 2.05) is 24.6 Å². The average Bonchev–Trinajstić information content (AvgIpc) is 3.04. The van der Waals surface area contributed by atoms with E-state index >= 15 is 0 Å². The van der Waals surface area contributed by atoms with Crippen molar-refractivity contribution in [1.82, 2.24) is 10.3 Å². The zero-order valence-corrected chi connectivity index (χ0v) is 11.8. The van der Waals surface area contributed by atoms with E-state index in [0.29, 0.717) is 6.79 Å². The van der Waals surface area contributed by atoms with E-state index in [1.165, 1.54) is 4.88 Å². The highest BCUT2D eigenvalue weighted by atomic mass is 32.1. The second-order valence-corrected chi connectivity index (χ2v) is 5.48. The van der Waals surface area contributed by atoms with Gasteiger partial charge in [-0.15, -0.1) is 11.3 Å². The van der Waals surface area contributed by atoms with Gasteiger partial charge >= 0.3 is 0 Å². The van der Waals surface area contributed by atoms with Gasteiger partial charge < -0.3 is 14.8 Å². The lowest BCUT2D eigenvalue weighted by Crippen LogP contribution is -2.18. The number of benzene rings is 1. The van der Waals surface area contributed by atoms with Crippen molar-refractivity contribution in [3.8, 4) is 11.5 Å². The zero-order chi connectivity index (χ0) is 13.2. The molecule has 1 aromatic heterocycles. The van der Waals surface area contributed by atoms with Crippen LogP contribution in [0, 0.1) is 6.92 Å². The molecule has 0 saturated heterocycles. The van der Waals surface area contributed by atoms with Gasteiger partial charge in [-0.3, -0.25) is 0 Å². The van der Waals surface area contributed by atoms with Gasteiger partial charge in [0.15, 0.2) is 11.5 Å². The highest BCUT2D eigenvalue weighted by Crippen LogP contribution is 2.38. The highest BCUT2D eigenvalue weighted by Gasteiger charge is 2.20. The van der Waals surface area contributed by atoms with Crippen LogP contribution in [0.5, 0.6) is 11.5 Å². The van der Waals surface area contributed by atoms with Gasteiger partial charge in [0.2, 0.25) is 6.79 Å². The molecule has 0 radical (unpaired) electrons. The Morgan fingerprint density at radius 3 is 3.11 bits per heavy atom. The summed E-state index contributed by atoms with van der Waals surface area (Å²) >= 11 is 1.68. The van der Waals surface area contributed by atoms with Crippen LogP contribution in [0.15, 0.2) is 23.7 Å². The molecule has 2 heterocycles. The third-order valence-corrected chi connectivity index (χ3v) is 4.24. The topological polar surface area (TPSA) is 43.4 Å². The molecule has 0 aliphatic carbocycles. The molecule has 0 saturated carbocycles. The molecule has 2 aromatic rings. The first-order chi connectivity index (χ1) is 9.25. The minimum atomic E-state index is 0.207. The first kappa shape index (κ1) is 12.4. The summed E-state index contributed by atoms with van der Waals surface area (Å²) in [6.45, 7) is 5.30. The number of hydrogen-bond acceptors (Lipinski definition) is 5. The molecule has 100 valence electrons. The van der Waals surface area contributed by atoms with E-state index in [-0.39, 0.29) is 6.04 Å². The Kier molecular flexibility index (Phi) is 3.40. The molecule has 1 N–H and O–H groups in total. The molecule has 5 heteroatoms. The monoisotopic (exact) mass is 276 g/mol. The van der Waals surface area contributed by atoms with Crippen LogP contribution in [-0.4, -0.2) is 11.8 Å². The second-order valence-electron chi connectivity index (χ2n) is 4.54. The second kappa shape index (κ2) is 5.19. The number of ether oxygens (including phenoxy) is 2. The molecule has 0 spiro atoms. The number of para-hydroxylation sites is 1. The molecular formula is C14H16N2O2S. The molecule has 1 aliphatic heterocycles. The number of thiazole rings is 1. The lowest BCUT2D eigenvalue weighted by molar-refractivity contribution is 0.173. The van der Waals surface area contributed by atoms with Crippen LogP contribution >= 0.6 is 11.3 Å². The maximum Gasteiger partial charge on any atom is 0.231 e. The van der Waals surface area contributed by atoms with Gasteiger partial charge in [-0.2, -0.15) is 0 Å². The van der Waals surface area contributed by atoms with Crippen LogP contribution in [0.2, 0.25) is 0 Å². The summed E-state index contributed by atoms with van der Waals surface area (Å²) in [4.78, 5) is 5.53. The Bertz CT molecular complexity index is 583. The van der Waals surface area contributed by atoms with E-state index < -0.39 is 0 Å². The fourth-order valence-corrected chi connectivity index (χ4v) is 2.87. The average molecular weight is 276 g/mol. The summed E-state index contributed by atoms with van der Waals surface area (Å²) in [5, 5.41) is 3.51. The van der Waals surface area contributed by atoms with E-state index in [9.17, 15) is 0 Å². The molecule has 0 bridgehead atoms. The van der Waals surface area contributed by atoms with Gasteiger partial charge in [-0.1, -0.05) is 12.1 Å². The first-order valence-electron chi connectivity index (χ1n) is 6.26. The lowest BCUT2D eigenvalue weighted by atomic mass is 10.1. The molecule has 3 rings (SSSR count). The predicted octanol–water partition coefficient (Wildman–Crippen LogP) is 3.03. The Morgan fingerprint density at radius 1 is 1.42 bits per heavy atom. The van der Waals surface area contributed by atoms with Crippen molar-refractivity contribution in [2.45, 2.75) is 26.4 Å². The number of aromatic nitrogens is 1. The molecule has 19 heavy (non-hydrogen) atoms. The molecule has 0 fully saturated rings. The number of hydrogen-bond donors (Lipinski definition) is 1. The van der Waals surface area contributed by atoms with Crippen LogP contribution < -0.4 is 14.8 Å². The summed E-state index contributed by atoms with van der Waals surface area (Å²) in [5.74, 6) is 1.70.